The van der Waals surface area contributed by atoms with Crippen molar-refractivity contribution in [2.45, 2.75) is 93.4 Å². The zero-order chi connectivity index (χ0) is 37.5. The molecule has 0 amide bonds. The summed E-state index contributed by atoms with van der Waals surface area (Å²) in [6.45, 7) is 18.8. The molecule has 5 heteroatoms. The maximum atomic E-state index is 12.2. The van der Waals surface area contributed by atoms with E-state index in [-0.39, 0.29) is 47.9 Å². The zero-order valence-corrected chi connectivity index (χ0v) is 34.9. The summed E-state index contributed by atoms with van der Waals surface area (Å²) in [6.07, 6.45) is 8.47. The molecule has 5 rings (SSSR count). The Hall–Kier alpha value is -4.18. The maximum absolute atomic E-state index is 12.2. The zero-order valence-electron chi connectivity index (χ0n) is 32.5. The number of pyridine rings is 2. The van der Waals surface area contributed by atoms with E-state index >= 15 is 0 Å². The van der Waals surface area contributed by atoms with Crippen molar-refractivity contribution in [2.75, 3.05) is 0 Å². The van der Waals surface area contributed by atoms with Gasteiger partial charge in [-0.2, -0.15) is 0 Å². The number of nitrogens with zero attached hydrogens (tertiary/aromatic N) is 2. The molecule has 0 saturated heterocycles. The molecule has 0 fully saturated rings. The van der Waals surface area contributed by atoms with Crippen molar-refractivity contribution in [2.24, 2.45) is 10.8 Å². The average molecular weight is 873 g/mol. The minimum absolute atomic E-state index is 0. The van der Waals surface area contributed by atoms with Crippen LogP contribution in [0.5, 0.6) is 0 Å². The van der Waals surface area contributed by atoms with Crippen LogP contribution in [0.1, 0.15) is 93.6 Å². The van der Waals surface area contributed by atoms with Crippen LogP contribution >= 0.6 is 0 Å². The molecule has 0 aliphatic rings. The minimum Gasteiger partial charge on any atom is -0.512 e. The molecule has 3 aromatic carbocycles. The van der Waals surface area contributed by atoms with Crippen LogP contribution in [-0.4, -0.2) is 20.9 Å². The third kappa shape index (κ3) is 12.5. The summed E-state index contributed by atoms with van der Waals surface area (Å²) in [5.74, 6) is 0.286. The largest absolute Gasteiger partial charge is 0.512 e. The summed E-state index contributed by atoms with van der Waals surface area (Å²) < 4.78 is 0. The molecule has 2 aromatic heterocycles. The smallest absolute Gasteiger partial charge is 0.164 e. The molecule has 2 heterocycles. The van der Waals surface area contributed by atoms with Crippen LogP contribution in [-0.2, 0) is 30.3 Å². The molecule has 52 heavy (non-hydrogen) atoms. The second kappa shape index (κ2) is 20.8. The number of ketones is 1. The van der Waals surface area contributed by atoms with Gasteiger partial charge in [0, 0.05) is 49.4 Å². The average Bonchev–Trinajstić information content (AvgIpc) is 3.18. The number of aromatic nitrogens is 2. The Balaban J connectivity index is 0.000000280. The van der Waals surface area contributed by atoms with Gasteiger partial charge in [-0.1, -0.05) is 111 Å². The first-order valence-electron chi connectivity index (χ1n) is 18.2. The van der Waals surface area contributed by atoms with Crippen molar-refractivity contribution in [1.82, 2.24) is 9.97 Å². The van der Waals surface area contributed by atoms with Gasteiger partial charge in [0.1, 0.15) is 5.76 Å². The minimum atomic E-state index is -0.337. The van der Waals surface area contributed by atoms with E-state index in [1.54, 1.807) is 6.20 Å². The number of carbonyl (C=O) groups is 1. The molecule has 5 aromatic rings. The number of carbonyl (C=O) groups excluding carboxylic acids is 1. The van der Waals surface area contributed by atoms with Crippen molar-refractivity contribution in [1.29, 1.82) is 0 Å². The summed E-state index contributed by atoms with van der Waals surface area (Å²) in [5, 5.41) is 10.1. The SMILES string of the molecule is CC(C)(C)c1ccc(-c2ccc(-c3[c-]cccc3)nc2)cc1.CCC(C)(CC)C(=O)/C=C(\O)C(C)(CC)CC.[Ir].[c-]1ccccc1-c1ccccn1. The van der Waals surface area contributed by atoms with Crippen LogP contribution in [0.3, 0.4) is 0 Å². The van der Waals surface area contributed by atoms with E-state index in [9.17, 15) is 9.90 Å². The summed E-state index contributed by atoms with van der Waals surface area (Å²) in [5.41, 5.74) is 7.26. The predicted octanol–water partition coefficient (Wildman–Crippen LogP) is 12.7. The van der Waals surface area contributed by atoms with Gasteiger partial charge in [0.05, 0.1) is 0 Å². The Bertz CT molecular complexity index is 1730. The molecule has 0 spiro atoms. The molecule has 1 N–H and O–H groups in total. The summed E-state index contributed by atoms with van der Waals surface area (Å²) in [6, 6.07) is 40.9. The maximum Gasteiger partial charge on any atom is 0.164 e. The van der Waals surface area contributed by atoms with Crippen LogP contribution in [0.4, 0.5) is 0 Å². The van der Waals surface area contributed by atoms with Gasteiger partial charge in [-0.15, -0.1) is 71.8 Å². The number of hydrogen-bond acceptors (Lipinski definition) is 4. The van der Waals surface area contributed by atoms with Gasteiger partial charge in [0.15, 0.2) is 5.78 Å². The Morgan fingerprint density at radius 1 is 0.635 bits per heavy atom. The van der Waals surface area contributed by atoms with Crippen LogP contribution < -0.4 is 0 Å². The van der Waals surface area contributed by atoms with Crippen LogP contribution in [0.25, 0.3) is 33.6 Å². The first-order valence-corrected chi connectivity index (χ1v) is 18.2. The summed E-state index contributed by atoms with van der Waals surface area (Å²) >= 11 is 0. The second-order valence-corrected chi connectivity index (χ2v) is 14.5. The van der Waals surface area contributed by atoms with Crippen molar-refractivity contribution < 1.29 is 30.0 Å². The fourth-order valence-corrected chi connectivity index (χ4v) is 5.20. The first-order chi connectivity index (χ1) is 24.3. The fraction of sp³-hybridized carbons (Fsp3) is 0.340. The second-order valence-electron chi connectivity index (χ2n) is 14.5. The molecule has 4 nitrogen and oxygen atoms in total. The van der Waals surface area contributed by atoms with Crippen LogP contribution in [0.15, 0.2) is 127 Å². The van der Waals surface area contributed by atoms with Crippen molar-refractivity contribution in [3.05, 3.63) is 145 Å². The topological polar surface area (TPSA) is 63.1 Å². The Kier molecular flexibility index (Phi) is 17.6. The van der Waals surface area contributed by atoms with E-state index < -0.39 is 0 Å². The van der Waals surface area contributed by atoms with Gasteiger partial charge in [0.2, 0.25) is 0 Å². The van der Waals surface area contributed by atoms with Crippen molar-refractivity contribution in [3.8, 4) is 33.6 Å². The molecule has 0 atom stereocenters. The Morgan fingerprint density at radius 3 is 1.54 bits per heavy atom. The number of benzene rings is 3. The molecule has 0 unspecified atom stereocenters. The Labute approximate surface area is 327 Å². The molecule has 1 radical (unpaired) electrons. The first kappa shape index (κ1) is 44.0. The molecule has 0 aliphatic carbocycles. The normalized spacial score (nSPS) is 11.6. The van der Waals surface area contributed by atoms with E-state index in [1.807, 2.05) is 114 Å². The van der Waals surface area contributed by atoms with Gasteiger partial charge >= 0.3 is 0 Å². The molecule has 0 saturated carbocycles. The quantitative estimate of drug-likeness (QED) is 0.0863. The number of allylic oxidation sites excluding steroid dienone is 2. The molecule has 0 bridgehead atoms. The summed E-state index contributed by atoms with van der Waals surface area (Å²) in [4.78, 5) is 21.0. The van der Waals surface area contributed by atoms with Crippen molar-refractivity contribution in [3.63, 3.8) is 0 Å². The van der Waals surface area contributed by atoms with E-state index in [2.05, 4.69) is 79.3 Å². The molecular weight excluding hydrogens is 817 g/mol. The summed E-state index contributed by atoms with van der Waals surface area (Å²) in [7, 11) is 0. The van der Waals surface area contributed by atoms with Crippen LogP contribution in [0, 0.1) is 23.0 Å². The van der Waals surface area contributed by atoms with Gasteiger partial charge in [-0.05, 0) is 65.2 Å². The number of aliphatic hydroxyl groups excluding tert-OH is 1. The number of rotatable bonds is 10. The molecular formula is C47H56IrN2O2-2. The Morgan fingerprint density at radius 2 is 1.13 bits per heavy atom. The van der Waals surface area contributed by atoms with E-state index in [0.29, 0.717) is 0 Å². The number of hydrogen-bond donors (Lipinski definition) is 1. The van der Waals surface area contributed by atoms with E-state index in [4.69, 9.17) is 0 Å². The molecule has 0 aliphatic heterocycles. The fourth-order valence-electron chi connectivity index (χ4n) is 5.20. The van der Waals surface area contributed by atoms with E-state index in [0.717, 1.165) is 53.8 Å². The third-order valence-electron chi connectivity index (χ3n) is 10.1. The number of aliphatic hydroxyl groups is 1. The monoisotopic (exact) mass is 873 g/mol. The standard InChI is InChI=1S/C21H20N.C15H28O2.C11H8N.Ir/c1-21(2,3)19-12-9-16(10-13-19)18-11-14-20(22-15-18)17-7-5-4-6-8-17;1-7-14(5,8-2)12(16)11-13(17)15(6,9-3)10-4;1-2-6-10(7-3-1)11-8-4-5-9-12-11;/h4-7,9-15H,1-3H3;11,16H,7-10H2,1-6H3;1-6,8-9H;/q-1;;-1;/b;12-11-;;. The molecule has 277 valence electrons. The van der Waals surface area contributed by atoms with Gasteiger partial charge in [-0.3, -0.25) is 4.79 Å². The van der Waals surface area contributed by atoms with Gasteiger partial charge in [0.25, 0.3) is 0 Å². The van der Waals surface area contributed by atoms with E-state index in [1.165, 1.54) is 17.2 Å². The van der Waals surface area contributed by atoms with Gasteiger partial charge < -0.3 is 15.1 Å². The predicted molar refractivity (Wildman–Crippen MR) is 214 cm³/mol. The van der Waals surface area contributed by atoms with Crippen LogP contribution in [0.2, 0.25) is 0 Å². The van der Waals surface area contributed by atoms with Crippen molar-refractivity contribution >= 4 is 5.78 Å². The third-order valence-corrected chi connectivity index (χ3v) is 10.1. The van der Waals surface area contributed by atoms with Gasteiger partial charge in [-0.25, -0.2) is 0 Å².